The number of aromatic hydroxyl groups is 1. The first kappa shape index (κ1) is 10.9. The van der Waals surface area contributed by atoms with Gasteiger partial charge in [0.2, 0.25) is 0 Å². The zero-order chi connectivity index (χ0) is 10.8. The van der Waals surface area contributed by atoms with Crippen molar-refractivity contribution in [2.75, 3.05) is 6.54 Å². The molecule has 2 N–H and O–H groups in total. The largest absolute Gasteiger partial charge is 0.506 e. The van der Waals surface area contributed by atoms with E-state index in [4.69, 9.17) is 0 Å². The van der Waals surface area contributed by atoms with Crippen molar-refractivity contribution in [3.8, 4) is 5.75 Å². The molecule has 0 radical (unpaired) electrons. The van der Waals surface area contributed by atoms with Gasteiger partial charge in [0.1, 0.15) is 11.6 Å². The second-order valence-electron chi connectivity index (χ2n) is 3.79. The van der Waals surface area contributed by atoms with Gasteiger partial charge in [-0.1, -0.05) is 6.42 Å². The number of halogens is 2. The molecule has 1 aliphatic heterocycles. The van der Waals surface area contributed by atoms with Gasteiger partial charge in [-0.05, 0) is 47.4 Å². The van der Waals surface area contributed by atoms with E-state index in [2.05, 4.69) is 21.2 Å². The minimum atomic E-state index is -0.338. The van der Waals surface area contributed by atoms with Crippen LogP contribution in [0.1, 0.15) is 30.9 Å². The molecule has 0 bridgehead atoms. The van der Waals surface area contributed by atoms with Crippen LogP contribution in [-0.2, 0) is 0 Å². The summed E-state index contributed by atoms with van der Waals surface area (Å²) in [5.74, 6) is -0.315. The summed E-state index contributed by atoms with van der Waals surface area (Å²) in [5, 5.41) is 13.0. The van der Waals surface area contributed by atoms with E-state index in [1.54, 1.807) is 0 Å². The monoisotopic (exact) mass is 273 g/mol. The molecule has 1 aromatic carbocycles. The van der Waals surface area contributed by atoms with Crippen LogP contribution in [0.4, 0.5) is 4.39 Å². The van der Waals surface area contributed by atoms with Crippen LogP contribution in [0.15, 0.2) is 16.6 Å². The van der Waals surface area contributed by atoms with Gasteiger partial charge in [-0.15, -0.1) is 0 Å². The van der Waals surface area contributed by atoms with E-state index in [1.165, 1.54) is 12.1 Å². The highest BCUT2D eigenvalue weighted by molar-refractivity contribution is 9.10. The molecule has 0 aromatic heterocycles. The van der Waals surface area contributed by atoms with Gasteiger partial charge in [-0.25, -0.2) is 4.39 Å². The third kappa shape index (κ3) is 2.16. The lowest BCUT2D eigenvalue weighted by Gasteiger charge is -2.25. The van der Waals surface area contributed by atoms with Crippen LogP contribution in [-0.4, -0.2) is 11.7 Å². The van der Waals surface area contributed by atoms with E-state index in [-0.39, 0.29) is 17.6 Å². The van der Waals surface area contributed by atoms with E-state index in [0.29, 0.717) is 10.0 Å². The smallest absolute Gasteiger partial charge is 0.137 e. The molecule has 1 atom stereocenters. The fraction of sp³-hybridized carbons (Fsp3) is 0.455. The van der Waals surface area contributed by atoms with Gasteiger partial charge in [0.15, 0.2) is 0 Å². The van der Waals surface area contributed by atoms with Crippen LogP contribution in [0, 0.1) is 5.82 Å². The second kappa shape index (κ2) is 4.49. The fourth-order valence-corrected chi connectivity index (χ4v) is 2.33. The first-order valence-electron chi connectivity index (χ1n) is 5.10. The van der Waals surface area contributed by atoms with Crippen molar-refractivity contribution in [2.45, 2.75) is 25.3 Å². The number of phenolic OH excluding ortho intramolecular Hbond substituents is 1. The van der Waals surface area contributed by atoms with Crippen molar-refractivity contribution >= 4 is 15.9 Å². The highest BCUT2D eigenvalue weighted by Gasteiger charge is 2.22. The van der Waals surface area contributed by atoms with E-state index < -0.39 is 0 Å². The highest BCUT2D eigenvalue weighted by Crippen LogP contribution is 2.36. The lowest BCUT2D eigenvalue weighted by molar-refractivity contribution is 0.376. The zero-order valence-electron chi connectivity index (χ0n) is 8.26. The standard InChI is InChI=1S/C11H13BrFNO/c12-7-4-5-8(13)10(11(7)15)9-3-1-2-6-14-9/h4-5,9,14-15H,1-3,6H2. The Labute approximate surface area is 96.6 Å². The van der Waals surface area contributed by atoms with Gasteiger partial charge in [0, 0.05) is 11.6 Å². The van der Waals surface area contributed by atoms with Gasteiger partial charge in [-0.2, -0.15) is 0 Å². The summed E-state index contributed by atoms with van der Waals surface area (Å²) in [6.45, 7) is 0.885. The summed E-state index contributed by atoms with van der Waals surface area (Å²) in [6, 6.07) is 2.85. The molecule has 4 heteroatoms. The van der Waals surface area contributed by atoms with Crippen molar-refractivity contribution in [1.82, 2.24) is 5.32 Å². The van der Waals surface area contributed by atoms with Crippen molar-refractivity contribution in [3.05, 3.63) is 28.0 Å². The Bertz CT molecular complexity index is 364. The van der Waals surface area contributed by atoms with Crippen molar-refractivity contribution in [2.24, 2.45) is 0 Å². The van der Waals surface area contributed by atoms with Crippen molar-refractivity contribution in [1.29, 1.82) is 0 Å². The van der Waals surface area contributed by atoms with E-state index in [9.17, 15) is 9.50 Å². The van der Waals surface area contributed by atoms with Crippen LogP contribution in [0.5, 0.6) is 5.75 Å². The minimum absolute atomic E-state index is 0.0226. The molecule has 15 heavy (non-hydrogen) atoms. The molecule has 1 saturated heterocycles. The molecule has 0 aliphatic carbocycles. The fourth-order valence-electron chi connectivity index (χ4n) is 1.99. The van der Waals surface area contributed by atoms with Crippen LogP contribution in [0.25, 0.3) is 0 Å². The Morgan fingerprint density at radius 1 is 1.40 bits per heavy atom. The number of rotatable bonds is 1. The summed E-state index contributed by atoms with van der Waals surface area (Å²) in [4.78, 5) is 0. The van der Waals surface area contributed by atoms with Gasteiger partial charge in [0.25, 0.3) is 0 Å². The molecule has 1 heterocycles. The summed E-state index contributed by atoms with van der Waals surface area (Å²) in [7, 11) is 0. The molecule has 1 fully saturated rings. The number of hydrogen-bond donors (Lipinski definition) is 2. The average molecular weight is 274 g/mol. The summed E-state index contributed by atoms with van der Waals surface area (Å²) < 4.78 is 14.1. The molecule has 0 saturated carbocycles. The molecular formula is C11H13BrFNO. The molecule has 2 nitrogen and oxygen atoms in total. The molecule has 0 amide bonds. The third-order valence-electron chi connectivity index (χ3n) is 2.77. The number of nitrogens with one attached hydrogen (secondary N) is 1. The first-order chi connectivity index (χ1) is 7.20. The predicted molar refractivity (Wildman–Crippen MR) is 60.4 cm³/mol. The van der Waals surface area contributed by atoms with E-state index >= 15 is 0 Å². The lowest BCUT2D eigenvalue weighted by atomic mass is 9.96. The van der Waals surface area contributed by atoms with Crippen LogP contribution < -0.4 is 5.32 Å². The average Bonchev–Trinajstić information content (AvgIpc) is 2.26. The molecule has 1 aliphatic rings. The quantitative estimate of drug-likeness (QED) is 0.824. The lowest BCUT2D eigenvalue weighted by Crippen LogP contribution is -2.27. The number of benzene rings is 1. The van der Waals surface area contributed by atoms with E-state index in [1.807, 2.05) is 0 Å². The van der Waals surface area contributed by atoms with Gasteiger partial charge in [0.05, 0.1) is 4.47 Å². The van der Waals surface area contributed by atoms with Gasteiger partial charge >= 0.3 is 0 Å². The van der Waals surface area contributed by atoms with Crippen molar-refractivity contribution in [3.63, 3.8) is 0 Å². The Morgan fingerprint density at radius 3 is 2.87 bits per heavy atom. The topological polar surface area (TPSA) is 32.3 Å². The van der Waals surface area contributed by atoms with Crippen LogP contribution >= 0.6 is 15.9 Å². The van der Waals surface area contributed by atoms with Gasteiger partial charge in [-0.3, -0.25) is 0 Å². The molecule has 2 rings (SSSR count). The molecule has 1 unspecified atom stereocenters. The predicted octanol–water partition coefficient (Wildman–Crippen LogP) is 3.11. The maximum Gasteiger partial charge on any atom is 0.137 e. The number of phenols is 1. The number of piperidine rings is 1. The highest BCUT2D eigenvalue weighted by atomic mass is 79.9. The summed E-state index contributed by atoms with van der Waals surface area (Å²) in [5.41, 5.74) is 0.393. The minimum Gasteiger partial charge on any atom is -0.506 e. The SMILES string of the molecule is Oc1c(Br)ccc(F)c1C1CCCCN1. The summed E-state index contributed by atoms with van der Waals surface area (Å²) >= 11 is 3.20. The summed E-state index contributed by atoms with van der Waals surface area (Å²) in [6.07, 6.45) is 3.07. The third-order valence-corrected chi connectivity index (χ3v) is 3.41. The van der Waals surface area contributed by atoms with Crippen molar-refractivity contribution < 1.29 is 9.50 Å². The second-order valence-corrected chi connectivity index (χ2v) is 4.65. The maximum atomic E-state index is 13.6. The Morgan fingerprint density at radius 2 is 2.20 bits per heavy atom. The Kier molecular flexibility index (Phi) is 3.26. The first-order valence-corrected chi connectivity index (χ1v) is 5.89. The zero-order valence-corrected chi connectivity index (χ0v) is 9.85. The molecule has 1 aromatic rings. The van der Waals surface area contributed by atoms with Crippen LogP contribution in [0.3, 0.4) is 0 Å². The molecule has 82 valence electrons. The Balaban J connectivity index is 2.36. The maximum absolute atomic E-state index is 13.6. The number of hydrogen-bond acceptors (Lipinski definition) is 2. The van der Waals surface area contributed by atoms with Crippen LogP contribution in [0.2, 0.25) is 0 Å². The molecular weight excluding hydrogens is 261 g/mol. The normalized spacial score (nSPS) is 21.6. The van der Waals surface area contributed by atoms with E-state index in [0.717, 1.165) is 25.8 Å². The Hall–Kier alpha value is -0.610. The van der Waals surface area contributed by atoms with Gasteiger partial charge < -0.3 is 10.4 Å². The molecule has 0 spiro atoms.